The van der Waals surface area contributed by atoms with Gasteiger partial charge in [-0.2, -0.15) is 0 Å². The maximum atomic E-state index is 13.5. The lowest BCUT2D eigenvalue weighted by molar-refractivity contribution is -0.155. The van der Waals surface area contributed by atoms with Gasteiger partial charge in [-0.05, 0) is 39.3 Å². The number of halogens is 2. The van der Waals surface area contributed by atoms with Gasteiger partial charge in [0.05, 0.1) is 12.1 Å². The summed E-state index contributed by atoms with van der Waals surface area (Å²) >= 11 is 0. The molecular formula is C15H19F2NO3. The molecule has 0 aliphatic heterocycles. The molecule has 0 unspecified atom stereocenters. The molecule has 4 nitrogen and oxygen atoms in total. The van der Waals surface area contributed by atoms with Crippen molar-refractivity contribution in [1.29, 1.82) is 0 Å². The van der Waals surface area contributed by atoms with Crippen LogP contribution in [0.2, 0.25) is 0 Å². The van der Waals surface area contributed by atoms with Gasteiger partial charge in [0.25, 0.3) is 0 Å². The van der Waals surface area contributed by atoms with Crippen molar-refractivity contribution in [1.82, 2.24) is 0 Å². The highest BCUT2D eigenvalue weighted by Gasteiger charge is 2.17. The summed E-state index contributed by atoms with van der Waals surface area (Å²) in [6.07, 6.45) is -0.289. The summed E-state index contributed by atoms with van der Waals surface area (Å²) < 4.78 is 31.9. The van der Waals surface area contributed by atoms with Crippen LogP contribution in [-0.4, -0.2) is 17.5 Å². The number of hydrogen-bond acceptors (Lipinski definition) is 3. The molecule has 0 spiro atoms. The van der Waals surface area contributed by atoms with E-state index in [4.69, 9.17) is 4.74 Å². The van der Waals surface area contributed by atoms with Gasteiger partial charge in [0.1, 0.15) is 17.2 Å². The fourth-order valence-electron chi connectivity index (χ4n) is 1.56. The Labute approximate surface area is 122 Å². The molecule has 0 saturated heterocycles. The molecule has 0 heterocycles. The minimum atomic E-state index is -0.723. The largest absolute Gasteiger partial charge is 0.460 e. The van der Waals surface area contributed by atoms with E-state index >= 15 is 0 Å². The van der Waals surface area contributed by atoms with Crippen LogP contribution in [0.3, 0.4) is 0 Å². The number of benzene rings is 1. The number of aryl methyl sites for hydroxylation is 1. The van der Waals surface area contributed by atoms with Gasteiger partial charge in [-0.25, -0.2) is 8.78 Å². The van der Waals surface area contributed by atoms with E-state index in [0.717, 1.165) is 12.1 Å². The molecular weight excluding hydrogens is 280 g/mol. The summed E-state index contributed by atoms with van der Waals surface area (Å²) in [5.41, 5.74) is -0.716. The third-order valence-corrected chi connectivity index (χ3v) is 2.50. The van der Waals surface area contributed by atoms with Crippen LogP contribution >= 0.6 is 0 Å². The predicted octanol–water partition coefficient (Wildman–Crippen LogP) is 3.33. The zero-order chi connectivity index (χ0) is 16.2. The molecule has 1 rings (SSSR count). The Bertz CT molecular complexity index is 551. The van der Waals surface area contributed by atoms with Crippen molar-refractivity contribution in [2.75, 3.05) is 5.32 Å². The highest BCUT2D eigenvalue weighted by atomic mass is 19.1. The average Bonchev–Trinajstić information content (AvgIpc) is 2.31. The van der Waals surface area contributed by atoms with Crippen LogP contribution in [0.15, 0.2) is 12.1 Å². The number of ether oxygens (including phenoxy) is 1. The molecule has 0 radical (unpaired) electrons. The van der Waals surface area contributed by atoms with Gasteiger partial charge in [0, 0.05) is 12.5 Å². The van der Waals surface area contributed by atoms with Crippen LogP contribution in [0.1, 0.15) is 39.2 Å². The smallest absolute Gasteiger partial charge is 0.306 e. The Balaban J connectivity index is 2.55. The molecule has 0 aliphatic rings. The summed E-state index contributed by atoms with van der Waals surface area (Å²) in [7, 11) is 0. The molecule has 6 heteroatoms. The van der Waals surface area contributed by atoms with Gasteiger partial charge in [0.2, 0.25) is 5.91 Å². The number of rotatable bonds is 4. The highest BCUT2D eigenvalue weighted by Crippen LogP contribution is 2.19. The lowest BCUT2D eigenvalue weighted by atomic mass is 10.2. The first-order chi connectivity index (χ1) is 9.58. The molecule has 0 saturated carbocycles. The predicted molar refractivity (Wildman–Crippen MR) is 74.8 cm³/mol. The van der Waals surface area contributed by atoms with E-state index in [-0.39, 0.29) is 24.1 Å². The molecule has 21 heavy (non-hydrogen) atoms. The van der Waals surface area contributed by atoms with E-state index < -0.39 is 29.1 Å². The molecule has 1 aromatic rings. The lowest BCUT2D eigenvalue weighted by Gasteiger charge is -2.19. The fourth-order valence-corrected chi connectivity index (χ4v) is 1.56. The molecule has 1 N–H and O–H groups in total. The van der Waals surface area contributed by atoms with Crippen LogP contribution in [0.4, 0.5) is 14.5 Å². The second-order valence-electron chi connectivity index (χ2n) is 5.72. The second-order valence-corrected chi connectivity index (χ2v) is 5.72. The summed E-state index contributed by atoms with van der Waals surface area (Å²) in [5, 5.41) is 2.23. The first-order valence-electron chi connectivity index (χ1n) is 6.56. The maximum absolute atomic E-state index is 13.5. The Morgan fingerprint density at radius 1 is 1.14 bits per heavy atom. The topological polar surface area (TPSA) is 55.4 Å². The summed E-state index contributed by atoms with van der Waals surface area (Å²) in [6.45, 7) is 6.58. The number of carbonyl (C=O) groups is 2. The number of hydrogen-bond donors (Lipinski definition) is 1. The molecule has 1 aromatic carbocycles. The first kappa shape index (κ1) is 17.1. The van der Waals surface area contributed by atoms with Gasteiger partial charge in [-0.3, -0.25) is 9.59 Å². The first-order valence-corrected chi connectivity index (χ1v) is 6.56. The quantitative estimate of drug-likeness (QED) is 0.868. The molecule has 116 valence electrons. The van der Waals surface area contributed by atoms with Crippen molar-refractivity contribution >= 4 is 17.6 Å². The summed E-state index contributed by atoms with van der Waals surface area (Å²) in [6, 6.07) is 1.91. The van der Waals surface area contributed by atoms with Crippen molar-refractivity contribution in [2.45, 2.75) is 46.1 Å². The van der Waals surface area contributed by atoms with Crippen LogP contribution in [0.5, 0.6) is 0 Å². The van der Waals surface area contributed by atoms with Gasteiger partial charge in [-0.15, -0.1) is 0 Å². The number of esters is 1. The Morgan fingerprint density at radius 3 is 2.33 bits per heavy atom. The molecule has 0 aliphatic carbocycles. The fraction of sp³-hybridized carbons (Fsp3) is 0.467. The molecule has 0 bridgehead atoms. The van der Waals surface area contributed by atoms with E-state index in [2.05, 4.69) is 5.32 Å². The lowest BCUT2D eigenvalue weighted by Crippen LogP contribution is -2.24. The number of amides is 1. The number of carbonyl (C=O) groups excluding carboxylic acids is 2. The van der Waals surface area contributed by atoms with Crippen LogP contribution < -0.4 is 5.32 Å². The highest BCUT2D eigenvalue weighted by molar-refractivity contribution is 5.92. The summed E-state index contributed by atoms with van der Waals surface area (Å²) in [5.74, 6) is -2.44. The molecule has 1 amide bonds. The zero-order valence-corrected chi connectivity index (χ0v) is 12.5. The Hall–Kier alpha value is -1.98. The average molecular weight is 299 g/mol. The van der Waals surface area contributed by atoms with E-state index in [1.807, 2.05) is 0 Å². The molecule has 0 aromatic heterocycles. The van der Waals surface area contributed by atoms with Crippen molar-refractivity contribution in [2.24, 2.45) is 0 Å². The third-order valence-electron chi connectivity index (χ3n) is 2.50. The minimum absolute atomic E-state index is 0.126. The van der Waals surface area contributed by atoms with E-state index in [9.17, 15) is 18.4 Å². The van der Waals surface area contributed by atoms with Crippen molar-refractivity contribution in [3.05, 3.63) is 29.3 Å². The van der Waals surface area contributed by atoms with E-state index in [0.29, 0.717) is 0 Å². The van der Waals surface area contributed by atoms with E-state index in [1.54, 1.807) is 20.8 Å². The molecule has 0 atom stereocenters. The second kappa shape index (κ2) is 6.65. The van der Waals surface area contributed by atoms with Crippen LogP contribution in [0, 0.1) is 18.6 Å². The van der Waals surface area contributed by atoms with Gasteiger partial charge >= 0.3 is 5.97 Å². The monoisotopic (exact) mass is 299 g/mol. The van der Waals surface area contributed by atoms with Crippen LogP contribution in [-0.2, 0) is 14.3 Å². The van der Waals surface area contributed by atoms with Crippen molar-refractivity contribution < 1.29 is 23.1 Å². The third kappa shape index (κ3) is 5.89. The van der Waals surface area contributed by atoms with Gasteiger partial charge in [-0.1, -0.05) is 0 Å². The van der Waals surface area contributed by atoms with Gasteiger partial charge < -0.3 is 10.1 Å². The maximum Gasteiger partial charge on any atom is 0.306 e. The Morgan fingerprint density at radius 2 is 1.76 bits per heavy atom. The number of anilines is 1. The Kier molecular flexibility index (Phi) is 5.41. The van der Waals surface area contributed by atoms with E-state index in [1.165, 1.54) is 6.92 Å². The zero-order valence-electron chi connectivity index (χ0n) is 12.5. The van der Waals surface area contributed by atoms with Crippen LogP contribution in [0.25, 0.3) is 0 Å². The standard InChI is InChI=1S/C15H19F2NO3/c1-9-7-11(17)12(8-10(9)16)18-13(19)5-6-14(20)21-15(2,3)4/h7-8H,5-6H2,1-4H3,(H,18,19). The normalized spacial score (nSPS) is 11.1. The van der Waals surface area contributed by atoms with Crippen molar-refractivity contribution in [3.63, 3.8) is 0 Å². The summed E-state index contributed by atoms with van der Waals surface area (Å²) in [4.78, 5) is 23.1. The molecule has 0 fully saturated rings. The van der Waals surface area contributed by atoms with Crippen molar-refractivity contribution in [3.8, 4) is 0 Å². The SMILES string of the molecule is Cc1cc(F)c(NC(=O)CCC(=O)OC(C)(C)C)cc1F. The minimum Gasteiger partial charge on any atom is -0.460 e. The van der Waals surface area contributed by atoms with Gasteiger partial charge in [0.15, 0.2) is 0 Å². The number of nitrogens with one attached hydrogen (secondary N) is 1.